The van der Waals surface area contributed by atoms with E-state index in [4.69, 9.17) is 0 Å². The van der Waals surface area contributed by atoms with Crippen molar-refractivity contribution >= 4 is 22.2 Å². The van der Waals surface area contributed by atoms with Crippen molar-refractivity contribution in [1.82, 2.24) is 4.90 Å². The molecule has 35 heavy (non-hydrogen) atoms. The van der Waals surface area contributed by atoms with Crippen molar-refractivity contribution in [2.24, 2.45) is 0 Å². The lowest BCUT2D eigenvalue weighted by Crippen LogP contribution is -2.29. The third-order valence-electron chi connectivity index (χ3n) is 5.57. The molecule has 1 N–H and O–H groups in total. The third kappa shape index (κ3) is 5.49. The molecule has 0 bridgehead atoms. The minimum atomic E-state index is -5.07. The predicted molar refractivity (Wildman–Crippen MR) is 118 cm³/mol. The van der Waals surface area contributed by atoms with E-state index >= 15 is 0 Å². The second-order valence-electron chi connectivity index (χ2n) is 8.01. The molecule has 11 heteroatoms. The molecule has 0 radical (unpaired) electrons. The summed E-state index contributed by atoms with van der Waals surface area (Å²) in [6, 6.07) is 12.4. The van der Waals surface area contributed by atoms with Gasteiger partial charge in [0.15, 0.2) is 0 Å². The Kier molecular flexibility index (Phi) is 6.62. The molecule has 1 amide bonds. The zero-order chi connectivity index (χ0) is 25.4. The molecule has 4 nitrogen and oxygen atoms in total. The first-order valence-electron chi connectivity index (χ1n) is 10.4. The molecule has 0 saturated heterocycles. The van der Waals surface area contributed by atoms with Gasteiger partial charge in [0.2, 0.25) is 0 Å². The average Bonchev–Trinajstić information content (AvgIpc) is 3.14. The van der Waals surface area contributed by atoms with Crippen LogP contribution in [0, 0.1) is 11.3 Å². The summed E-state index contributed by atoms with van der Waals surface area (Å²) in [5, 5.41) is 12.1. The Hall–Kier alpha value is -3.36. The van der Waals surface area contributed by atoms with Crippen LogP contribution < -0.4 is 5.32 Å². The highest BCUT2D eigenvalue weighted by Gasteiger charge is 2.37. The molecule has 0 atom stereocenters. The molecule has 0 saturated carbocycles. The van der Waals surface area contributed by atoms with Gasteiger partial charge in [-0.05, 0) is 35.7 Å². The van der Waals surface area contributed by atoms with Gasteiger partial charge in [-0.3, -0.25) is 9.69 Å². The molecule has 0 fully saturated rings. The van der Waals surface area contributed by atoms with E-state index in [0.29, 0.717) is 38.2 Å². The fraction of sp³-hybridized carbons (Fsp3) is 0.250. The van der Waals surface area contributed by atoms with Crippen LogP contribution >= 0.6 is 11.3 Å². The molecule has 2 heterocycles. The number of alkyl halides is 6. The number of carbonyl (C=O) groups is 1. The predicted octanol–water partition coefficient (Wildman–Crippen LogP) is 6.47. The molecule has 2 aromatic carbocycles. The molecule has 4 rings (SSSR count). The summed E-state index contributed by atoms with van der Waals surface area (Å²) >= 11 is 1.10. The number of halogens is 6. The fourth-order valence-corrected chi connectivity index (χ4v) is 5.14. The lowest BCUT2D eigenvalue weighted by molar-refractivity contribution is -0.143. The number of hydrogen-bond acceptors (Lipinski definition) is 4. The van der Waals surface area contributed by atoms with Crippen molar-refractivity contribution in [2.45, 2.75) is 31.9 Å². The summed E-state index contributed by atoms with van der Waals surface area (Å²) in [6.45, 7) is 1.83. The largest absolute Gasteiger partial charge is 0.416 e. The highest BCUT2D eigenvalue weighted by atomic mass is 32.1. The lowest BCUT2D eigenvalue weighted by atomic mass is 10.0. The van der Waals surface area contributed by atoms with Gasteiger partial charge in [-0.2, -0.15) is 31.6 Å². The van der Waals surface area contributed by atoms with E-state index in [2.05, 4.69) is 10.2 Å². The minimum absolute atomic E-state index is 0.0390. The number of benzene rings is 2. The van der Waals surface area contributed by atoms with Gasteiger partial charge in [-0.1, -0.05) is 30.3 Å². The van der Waals surface area contributed by atoms with Gasteiger partial charge in [-0.15, -0.1) is 11.3 Å². The lowest BCUT2D eigenvalue weighted by Gasteiger charge is -2.26. The zero-order valence-electron chi connectivity index (χ0n) is 17.9. The van der Waals surface area contributed by atoms with Crippen molar-refractivity contribution in [3.8, 4) is 6.07 Å². The minimum Gasteiger partial charge on any atom is -0.312 e. The number of rotatable bonds is 4. The smallest absolute Gasteiger partial charge is 0.312 e. The SMILES string of the molecule is N#Cc1c(NC(=O)c2cc(C(F)(F)F)cc(C(F)(F)F)c2)sc2c1CCN(Cc1ccccc1)C2. The Morgan fingerprint density at radius 3 is 2.23 bits per heavy atom. The van der Waals surface area contributed by atoms with E-state index in [1.807, 2.05) is 36.4 Å². The number of anilines is 1. The van der Waals surface area contributed by atoms with E-state index in [1.54, 1.807) is 0 Å². The normalized spacial score (nSPS) is 14.3. The van der Waals surface area contributed by atoms with Crippen LogP contribution in [0.25, 0.3) is 0 Å². The Balaban J connectivity index is 1.60. The maximum atomic E-state index is 13.1. The van der Waals surface area contributed by atoms with Crippen molar-refractivity contribution < 1.29 is 31.1 Å². The highest BCUT2D eigenvalue weighted by Crippen LogP contribution is 2.39. The van der Waals surface area contributed by atoms with Crippen molar-refractivity contribution in [1.29, 1.82) is 5.26 Å². The number of nitrogens with zero attached hydrogens (tertiary/aromatic N) is 2. The van der Waals surface area contributed by atoms with E-state index in [0.717, 1.165) is 27.3 Å². The van der Waals surface area contributed by atoms with E-state index in [9.17, 15) is 36.4 Å². The van der Waals surface area contributed by atoms with Crippen LogP contribution in [0.3, 0.4) is 0 Å². The van der Waals surface area contributed by atoms with Gasteiger partial charge < -0.3 is 5.32 Å². The quantitative estimate of drug-likeness (QED) is 0.411. The molecule has 1 aliphatic heterocycles. The van der Waals surface area contributed by atoms with Gasteiger partial charge in [0.1, 0.15) is 11.1 Å². The monoisotopic (exact) mass is 509 g/mol. The number of nitriles is 1. The van der Waals surface area contributed by atoms with Crippen LogP contribution in [-0.2, 0) is 31.9 Å². The van der Waals surface area contributed by atoms with E-state index < -0.39 is 35.0 Å². The first kappa shape index (κ1) is 24.8. The van der Waals surface area contributed by atoms with Crippen LogP contribution in [0.2, 0.25) is 0 Å². The van der Waals surface area contributed by atoms with Gasteiger partial charge in [-0.25, -0.2) is 0 Å². The second-order valence-corrected chi connectivity index (χ2v) is 9.12. The van der Waals surface area contributed by atoms with Gasteiger partial charge in [0, 0.05) is 30.1 Å². The summed E-state index contributed by atoms with van der Waals surface area (Å²) in [5.41, 5.74) is -1.95. The Morgan fingerprint density at radius 2 is 1.66 bits per heavy atom. The van der Waals surface area contributed by atoms with Crippen LogP contribution in [0.15, 0.2) is 48.5 Å². The van der Waals surface area contributed by atoms with Crippen LogP contribution in [0.4, 0.5) is 31.3 Å². The standard InChI is InChI=1S/C24H17F6N3OS/c25-23(26,27)16-8-15(9-17(10-16)24(28,29)30)21(34)32-22-19(11-31)18-6-7-33(13-20(18)35-22)12-14-4-2-1-3-5-14/h1-5,8-10H,6-7,12-13H2,(H,32,34). The molecule has 1 aromatic heterocycles. The van der Waals surface area contributed by atoms with E-state index in [1.165, 1.54) is 0 Å². The maximum absolute atomic E-state index is 13.1. The van der Waals surface area contributed by atoms with Crippen LogP contribution in [0.1, 0.15) is 43.1 Å². The number of amides is 1. The summed E-state index contributed by atoms with van der Waals surface area (Å²) < 4.78 is 78.9. The molecule has 1 aliphatic rings. The first-order chi connectivity index (χ1) is 16.5. The topological polar surface area (TPSA) is 56.1 Å². The molecule has 0 spiro atoms. The summed E-state index contributed by atoms with van der Waals surface area (Å²) in [7, 11) is 0. The van der Waals surface area contributed by atoms with Gasteiger partial charge in [0.25, 0.3) is 5.91 Å². The maximum Gasteiger partial charge on any atom is 0.416 e. The first-order valence-corrected chi connectivity index (χ1v) is 11.2. The van der Waals surface area contributed by atoms with E-state index in [-0.39, 0.29) is 16.6 Å². The summed E-state index contributed by atoms with van der Waals surface area (Å²) in [6.07, 6.45) is -9.62. The number of nitrogens with one attached hydrogen (secondary N) is 1. The third-order valence-corrected chi connectivity index (χ3v) is 6.71. The van der Waals surface area contributed by atoms with Crippen molar-refractivity contribution in [3.63, 3.8) is 0 Å². The van der Waals surface area contributed by atoms with Crippen molar-refractivity contribution in [3.05, 3.63) is 86.8 Å². The Morgan fingerprint density at radius 1 is 1.03 bits per heavy atom. The zero-order valence-corrected chi connectivity index (χ0v) is 18.7. The highest BCUT2D eigenvalue weighted by molar-refractivity contribution is 7.16. The number of thiophene rings is 1. The number of hydrogen-bond donors (Lipinski definition) is 1. The van der Waals surface area contributed by atoms with Crippen LogP contribution in [-0.4, -0.2) is 17.4 Å². The second kappa shape index (κ2) is 9.36. The van der Waals surface area contributed by atoms with Gasteiger partial charge in [0.05, 0.1) is 16.7 Å². The fourth-order valence-electron chi connectivity index (χ4n) is 3.90. The van der Waals surface area contributed by atoms with Crippen molar-refractivity contribution in [2.75, 3.05) is 11.9 Å². The summed E-state index contributed by atoms with van der Waals surface area (Å²) in [5.74, 6) is -1.15. The molecular formula is C24H17F6N3OS. The number of carbonyl (C=O) groups excluding carboxylic acids is 1. The number of fused-ring (bicyclic) bond motifs is 1. The van der Waals surface area contributed by atoms with Gasteiger partial charge >= 0.3 is 12.4 Å². The van der Waals surface area contributed by atoms with Crippen LogP contribution in [0.5, 0.6) is 0 Å². The Labute approximate surface area is 200 Å². The Bertz CT molecular complexity index is 1260. The average molecular weight is 509 g/mol. The molecule has 3 aromatic rings. The molecule has 0 unspecified atom stereocenters. The molecule has 0 aliphatic carbocycles. The summed E-state index contributed by atoms with van der Waals surface area (Å²) in [4.78, 5) is 15.7. The molecule has 182 valence electrons. The molecular weight excluding hydrogens is 492 g/mol.